The lowest BCUT2D eigenvalue weighted by Crippen LogP contribution is -2.42. The molecule has 2 rings (SSSR count). The Balaban J connectivity index is 2.30. The summed E-state index contributed by atoms with van der Waals surface area (Å²) in [6.45, 7) is 0.428. The summed E-state index contributed by atoms with van der Waals surface area (Å²) in [7, 11) is 0. The molecule has 0 saturated carbocycles. The van der Waals surface area contributed by atoms with Crippen LogP contribution >= 0.6 is 0 Å². The van der Waals surface area contributed by atoms with Crippen molar-refractivity contribution >= 4 is 11.5 Å². The minimum atomic E-state index is -0.667. The number of nitro groups is 1. The van der Waals surface area contributed by atoms with Crippen LogP contribution in [-0.4, -0.2) is 33.6 Å². The molecule has 1 atom stereocenters. The van der Waals surface area contributed by atoms with Crippen LogP contribution in [0.25, 0.3) is 0 Å². The van der Waals surface area contributed by atoms with Crippen LogP contribution in [-0.2, 0) is 0 Å². The van der Waals surface area contributed by atoms with Crippen LogP contribution in [0.1, 0.15) is 29.6 Å². The maximum atomic E-state index is 12.2. The standard InChI is InChI=1S/C12H14N2O4/c15-12(11-7-3-4-8-13(11)16)9-5-1-2-6-10(9)14(17)18/h1-2,5-6,11,16H,3-4,7-8H2. The van der Waals surface area contributed by atoms with Crippen LogP contribution in [0.4, 0.5) is 5.69 Å². The summed E-state index contributed by atoms with van der Waals surface area (Å²) in [5.74, 6) is -0.385. The SMILES string of the molecule is O=C(c1ccccc1[N+](=O)[O-])C1CCCCN1O. The highest BCUT2D eigenvalue weighted by Crippen LogP contribution is 2.24. The van der Waals surface area contributed by atoms with Gasteiger partial charge in [0.05, 0.1) is 16.5 Å². The molecular formula is C12H14N2O4. The minimum absolute atomic E-state index is 0.0634. The Kier molecular flexibility index (Phi) is 3.69. The number of nitrogens with zero attached hydrogens (tertiary/aromatic N) is 2. The van der Waals surface area contributed by atoms with Gasteiger partial charge in [0.1, 0.15) is 0 Å². The number of carbonyl (C=O) groups is 1. The fraction of sp³-hybridized carbons (Fsp3) is 0.417. The summed E-state index contributed by atoms with van der Waals surface area (Å²) < 4.78 is 0. The van der Waals surface area contributed by atoms with Gasteiger partial charge < -0.3 is 5.21 Å². The molecule has 1 unspecified atom stereocenters. The van der Waals surface area contributed by atoms with Gasteiger partial charge in [-0.25, -0.2) is 0 Å². The molecule has 1 fully saturated rings. The number of benzene rings is 1. The van der Waals surface area contributed by atoms with Crippen molar-refractivity contribution < 1.29 is 14.9 Å². The van der Waals surface area contributed by atoms with Gasteiger partial charge in [-0.2, -0.15) is 5.06 Å². The maximum Gasteiger partial charge on any atom is 0.280 e. The van der Waals surface area contributed by atoms with E-state index < -0.39 is 11.0 Å². The molecule has 96 valence electrons. The lowest BCUT2D eigenvalue weighted by Gasteiger charge is -2.29. The molecule has 1 N–H and O–H groups in total. The molecule has 0 radical (unpaired) electrons. The Morgan fingerprint density at radius 2 is 2.11 bits per heavy atom. The van der Waals surface area contributed by atoms with Crippen LogP contribution < -0.4 is 0 Å². The van der Waals surface area contributed by atoms with E-state index in [1.54, 1.807) is 6.07 Å². The number of ketones is 1. The number of Topliss-reactive ketones (excluding diaryl/α,β-unsaturated/α-hetero) is 1. The molecule has 1 saturated heterocycles. The molecule has 0 spiro atoms. The Hall–Kier alpha value is -1.79. The second-order valence-electron chi connectivity index (χ2n) is 4.31. The lowest BCUT2D eigenvalue weighted by atomic mass is 9.95. The highest BCUT2D eigenvalue weighted by molar-refractivity contribution is 6.03. The molecule has 0 aromatic heterocycles. The average Bonchev–Trinajstić information content (AvgIpc) is 2.38. The van der Waals surface area contributed by atoms with Gasteiger partial charge in [-0.3, -0.25) is 14.9 Å². The van der Waals surface area contributed by atoms with Crippen LogP contribution in [0.3, 0.4) is 0 Å². The van der Waals surface area contributed by atoms with E-state index in [1.807, 2.05) is 0 Å². The number of rotatable bonds is 3. The van der Waals surface area contributed by atoms with Gasteiger partial charge in [-0.1, -0.05) is 12.1 Å². The molecule has 6 heteroatoms. The van der Waals surface area contributed by atoms with Crippen molar-refractivity contribution in [2.75, 3.05) is 6.54 Å². The average molecular weight is 250 g/mol. The summed E-state index contributed by atoms with van der Waals surface area (Å²) in [5, 5.41) is 21.5. The fourth-order valence-electron chi connectivity index (χ4n) is 2.20. The van der Waals surface area contributed by atoms with Crippen molar-refractivity contribution in [2.45, 2.75) is 25.3 Å². The van der Waals surface area contributed by atoms with E-state index in [-0.39, 0.29) is 17.0 Å². The third kappa shape index (κ3) is 2.39. The number of hydrogen-bond donors (Lipinski definition) is 1. The van der Waals surface area contributed by atoms with E-state index in [1.165, 1.54) is 18.2 Å². The third-order valence-corrected chi connectivity index (χ3v) is 3.14. The van der Waals surface area contributed by atoms with Crippen LogP contribution in [0, 0.1) is 10.1 Å². The molecule has 18 heavy (non-hydrogen) atoms. The normalized spacial score (nSPS) is 20.6. The number of nitro benzene ring substituents is 1. The van der Waals surface area contributed by atoms with Gasteiger partial charge in [0.25, 0.3) is 5.69 Å². The van der Waals surface area contributed by atoms with Crippen molar-refractivity contribution in [1.29, 1.82) is 0 Å². The maximum absolute atomic E-state index is 12.2. The van der Waals surface area contributed by atoms with E-state index in [4.69, 9.17) is 0 Å². The quantitative estimate of drug-likeness (QED) is 0.504. The van der Waals surface area contributed by atoms with Crippen LogP contribution in [0.5, 0.6) is 0 Å². The van der Waals surface area contributed by atoms with E-state index in [0.717, 1.165) is 17.9 Å². The smallest absolute Gasteiger partial charge is 0.280 e. The molecule has 1 aromatic rings. The first kappa shape index (κ1) is 12.7. The van der Waals surface area contributed by atoms with Crippen molar-refractivity contribution in [3.63, 3.8) is 0 Å². The van der Waals surface area contributed by atoms with Crippen LogP contribution in [0.15, 0.2) is 24.3 Å². The molecule has 0 amide bonds. The van der Waals surface area contributed by atoms with Gasteiger partial charge >= 0.3 is 0 Å². The summed E-state index contributed by atoms with van der Waals surface area (Å²) in [4.78, 5) is 22.5. The summed E-state index contributed by atoms with van der Waals surface area (Å²) >= 11 is 0. The zero-order valence-corrected chi connectivity index (χ0v) is 9.78. The summed E-state index contributed by atoms with van der Waals surface area (Å²) in [6.07, 6.45) is 2.20. The first-order valence-electron chi connectivity index (χ1n) is 5.84. The van der Waals surface area contributed by atoms with Crippen molar-refractivity contribution in [3.8, 4) is 0 Å². The summed E-state index contributed by atoms with van der Waals surface area (Å²) in [5.41, 5.74) is -0.144. The van der Waals surface area contributed by atoms with Gasteiger partial charge in [0.2, 0.25) is 0 Å². The number of hydroxylamine groups is 2. The third-order valence-electron chi connectivity index (χ3n) is 3.14. The molecule has 0 aliphatic carbocycles. The Morgan fingerprint density at radius 3 is 2.78 bits per heavy atom. The topological polar surface area (TPSA) is 83.7 Å². The second-order valence-corrected chi connectivity index (χ2v) is 4.31. The zero-order chi connectivity index (χ0) is 13.1. The summed E-state index contributed by atoms with van der Waals surface area (Å²) in [6, 6.07) is 5.18. The Labute approximate surface area is 104 Å². The molecule has 0 bridgehead atoms. The molecule has 1 aliphatic heterocycles. The predicted octanol–water partition coefficient (Wildman–Crippen LogP) is 2.02. The lowest BCUT2D eigenvalue weighted by molar-refractivity contribution is -0.385. The number of hydrogen-bond acceptors (Lipinski definition) is 5. The number of para-hydroxylation sites is 1. The first-order valence-corrected chi connectivity index (χ1v) is 5.84. The largest absolute Gasteiger partial charge is 0.313 e. The van der Waals surface area contributed by atoms with Crippen molar-refractivity contribution in [1.82, 2.24) is 5.06 Å². The van der Waals surface area contributed by atoms with Gasteiger partial charge in [-0.15, -0.1) is 0 Å². The predicted molar refractivity (Wildman–Crippen MR) is 63.6 cm³/mol. The Morgan fingerprint density at radius 1 is 1.39 bits per heavy atom. The molecule has 6 nitrogen and oxygen atoms in total. The highest BCUT2D eigenvalue weighted by atomic mass is 16.6. The fourth-order valence-corrected chi connectivity index (χ4v) is 2.20. The molecule has 1 heterocycles. The van der Waals surface area contributed by atoms with Gasteiger partial charge in [0.15, 0.2) is 5.78 Å². The number of carbonyl (C=O) groups excluding carboxylic acids is 1. The van der Waals surface area contributed by atoms with Crippen molar-refractivity contribution in [3.05, 3.63) is 39.9 Å². The minimum Gasteiger partial charge on any atom is -0.313 e. The zero-order valence-electron chi connectivity index (χ0n) is 9.78. The highest BCUT2D eigenvalue weighted by Gasteiger charge is 2.32. The second kappa shape index (κ2) is 5.24. The van der Waals surface area contributed by atoms with E-state index in [2.05, 4.69) is 0 Å². The van der Waals surface area contributed by atoms with Crippen molar-refractivity contribution in [2.24, 2.45) is 0 Å². The van der Waals surface area contributed by atoms with E-state index >= 15 is 0 Å². The number of piperidine rings is 1. The Bertz CT molecular complexity index is 475. The van der Waals surface area contributed by atoms with E-state index in [9.17, 15) is 20.1 Å². The monoisotopic (exact) mass is 250 g/mol. The van der Waals surface area contributed by atoms with Gasteiger partial charge in [-0.05, 0) is 25.3 Å². The van der Waals surface area contributed by atoms with E-state index in [0.29, 0.717) is 13.0 Å². The molecule has 1 aromatic carbocycles. The molecular weight excluding hydrogens is 236 g/mol. The molecule has 1 aliphatic rings. The first-order chi connectivity index (χ1) is 8.61. The van der Waals surface area contributed by atoms with Gasteiger partial charge in [0, 0.05) is 12.6 Å². The van der Waals surface area contributed by atoms with Crippen LogP contribution in [0.2, 0.25) is 0 Å².